The number of rotatable bonds is 6. The normalized spacial score (nSPS) is 16.1. The maximum atomic E-state index is 12.8. The number of hydrogen-bond donors (Lipinski definition) is 0. The van der Waals surface area contributed by atoms with E-state index in [9.17, 15) is 4.79 Å². The predicted octanol–water partition coefficient (Wildman–Crippen LogP) is 3.52. The summed E-state index contributed by atoms with van der Waals surface area (Å²) in [6, 6.07) is 4.24. The molecule has 0 bridgehead atoms. The number of amides is 1. The fourth-order valence-corrected chi connectivity index (χ4v) is 2.32. The van der Waals surface area contributed by atoms with Crippen LogP contribution in [0.4, 0.5) is 0 Å². The molecule has 1 unspecified atom stereocenters. The van der Waals surface area contributed by atoms with Gasteiger partial charge in [-0.1, -0.05) is 13.8 Å². The van der Waals surface area contributed by atoms with Gasteiger partial charge in [-0.25, -0.2) is 4.98 Å². The molecule has 2 rings (SSSR count). The summed E-state index contributed by atoms with van der Waals surface area (Å²) in [5, 5.41) is 0. The summed E-state index contributed by atoms with van der Waals surface area (Å²) in [5.41, 5.74) is 0.644. The molecule has 1 aromatic rings. The monoisotopic (exact) mass is 290 g/mol. The third-order valence-electron chi connectivity index (χ3n) is 3.92. The minimum absolute atomic E-state index is 0.0855. The van der Waals surface area contributed by atoms with Crippen molar-refractivity contribution in [2.24, 2.45) is 5.92 Å². The van der Waals surface area contributed by atoms with E-state index < -0.39 is 0 Å². The van der Waals surface area contributed by atoms with Crippen LogP contribution in [0, 0.1) is 5.92 Å². The maximum absolute atomic E-state index is 12.8. The first-order chi connectivity index (χ1) is 9.90. The van der Waals surface area contributed by atoms with E-state index in [2.05, 4.69) is 25.8 Å². The second kappa shape index (κ2) is 6.46. The van der Waals surface area contributed by atoms with Gasteiger partial charge in [-0.15, -0.1) is 0 Å². The molecule has 116 valence electrons. The highest BCUT2D eigenvalue weighted by Crippen LogP contribution is 2.32. The molecule has 0 spiro atoms. The molecule has 0 aliphatic heterocycles. The minimum Gasteiger partial charge on any atom is -0.475 e. The van der Waals surface area contributed by atoms with Crippen LogP contribution < -0.4 is 4.74 Å². The molecule has 0 aromatic carbocycles. The molecule has 4 nitrogen and oxygen atoms in total. The maximum Gasteiger partial charge on any atom is 0.255 e. The Morgan fingerprint density at radius 2 is 1.90 bits per heavy atom. The molecular formula is C17H26N2O2. The van der Waals surface area contributed by atoms with E-state index in [0.29, 0.717) is 23.4 Å². The number of aromatic nitrogens is 1. The molecule has 0 N–H and O–H groups in total. The fraction of sp³-hybridized carbons (Fsp3) is 0.647. The molecular weight excluding hydrogens is 264 g/mol. The number of carbonyl (C=O) groups is 1. The first-order valence-corrected chi connectivity index (χ1v) is 7.85. The zero-order valence-electron chi connectivity index (χ0n) is 13.7. The van der Waals surface area contributed by atoms with Crippen molar-refractivity contribution in [1.82, 2.24) is 9.88 Å². The third-order valence-corrected chi connectivity index (χ3v) is 3.92. The predicted molar refractivity (Wildman–Crippen MR) is 83.5 cm³/mol. The molecule has 1 fully saturated rings. The molecule has 1 heterocycles. The quantitative estimate of drug-likeness (QED) is 0.805. The molecule has 1 saturated carbocycles. The lowest BCUT2D eigenvalue weighted by Gasteiger charge is -2.32. The largest absolute Gasteiger partial charge is 0.475 e. The van der Waals surface area contributed by atoms with Crippen LogP contribution in [0.5, 0.6) is 5.88 Å². The van der Waals surface area contributed by atoms with Crippen LogP contribution in [0.25, 0.3) is 0 Å². The number of nitrogens with zero attached hydrogens (tertiary/aromatic N) is 2. The van der Waals surface area contributed by atoms with Crippen molar-refractivity contribution in [1.29, 1.82) is 0 Å². The second-order valence-corrected chi connectivity index (χ2v) is 6.48. The standard InChI is InChI=1S/C17H26N2O2/c1-11(2)13(5)19(15-7-8-15)17(20)14-6-9-16(18-10-14)21-12(3)4/h6,9-13,15H,7-8H2,1-5H3. The van der Waals surface area contributed by atoms with Crippen LogP contribution in [-0.4, -0.2) is 34.0 Å². The summed E-state index contributed by atoms with van der Waals surface area (Å²) in [7, 11) is 0. The van der Waals surface area contributed by atoms with Gasteiger partial charge in [0, 0.05) is 24.3 Å². The lowest BCUT2D eigenvalue weighted by molar-refractivity contribution is 0.0627. The van der Waals surface area contributed by atoms with E-state index in [1.165, 1.54) is 0 Å². The Bertz CT molecular complexity index is 478. The molecule has 1 aliphatic carbocycles. The molecule has 0 saturated heterocycles. The van der Waals surface area contributed by atoms with Crippen molar-refractivity contribution in [3.05, 3.63) is 23.9 Å². The van der Waals surface area contributed by atoms with Gasteiger partial charge >= 0.3 is 0 Å². The Kier molecular flexibility index (Phi) is 4.86. The molecule has 1 atom stereocenters. The van der Waals surface area contributed by atoms with Crippen molar-refractivity contribution in [3.8, 4) is 5.88 Å². The van der Waals surface area contributed by atoms with Crippen LogP contribution >= 0.6 is 0 Å². The smallest absolute Gasteiger partial charge is 0.255 e. The van der Waals surface area contributed by atoms with Gasteiger partial charge in [-0.2, -0.15) is 0 Å². The van der Waals surface area contributed by atoms with Crippen molar-refractivity contribution in [2.45, 2.75) is 65.6 Å². The highest BCUT2D eigenvalue weighted by Gasteiger charge is 2.37. The van der Waals surface area contributed by atoms with E-state index >= 15 is 0 Å². The summed E-state index contributed by atoms with van der Waals surface area (Å²) in [6.07, 6.45) is 3.95. The van der Waals surface area contributed by atoms with Crippen molar-refractivity contribution in [2.75, 3.05) is 0 Å². The number of pyridine rings is 1. The summed E-state index contributed by atoms with van der Waals surface area (Å²) in [5.74, 6) is 1.10. The summed E-state index contributed by atoms with van der Waals surface area (Å²) < 4.78 is 5.52. The van der Waals surface area contributed by atoms with E-state index in [-0.39, 0.29) is 18.1 Å². The van der Waals surface area contributed by atoms with Gasteiger partial charge in [0.2, 0.25) is 5.88 Å². The Hall–Kier alpha value is -1.58. The van der Waals surface area contributed by atoms with E-state index in [1.54, 1.807) is 12.3 Å². The van der Waals surface area contributed by atoms with Crippen molar-refractivity contribution >= 4 is 5.91 Å². The van der Waals surface area contributed by atoms with E-state index in [4.69, 9.17) is 4.74 Å². The fourth-order valence-electron chi connectivity index (χ4n) is 2.32. The third kappa shape index (κ3) is 3.96. The first kappa shape index (κ1) is 15.8. The Morgan fingerprint density at radius 1 is 1.24 bits per heavy atom. The Morgan fingerprint density at radius 3 is 2.33 bits per heavy atom. The Labute approximate surface area is 127 Å². The number of hydrogen-bond acceptors (Lipinski definition) is 3. The van der Waals surface area contributed by atoms with Gasteiger partial charge in [-0.05, 0) is 45.6 Å². The van der Waals surface area contributed by atoms with Crippen molar-refractivity contribution < 1.29 is 9.53 Å². The van der Waals surface area contributed by atoms with Gasteiger partial charge in [0.15, 0.2) is 0 Å². The average Bonchev–Trinajstić information content (AvgIpc) is 3.23. The zero-order valence-corrected chi connectivity index (χ0v) is 13.7. The molecule has 0 radical (unpaired) electrons. The second-order valence-electron chi connectivity index (χ2n) is 6.48. The van der Waals surface area contributed by atoms with Gasteiger partial charge < -0.3 is 9.64 Å². The van der Waals surface area contributed by atoms with Crippen LogP contribution in [-0.2, 0) is 0 Å². The first-order valence-electron chi connectivity index (χ1n) is 7.85. The highest BCUT2D eigenvalue weighted by molar-refractivity contribution is 5.94. The average molecular weight is 290 g/mol. The molecule has 1 aromatic heterocycles. The van der Waals surface area contributed by atoms with Crippen LogP contribution in [0.1, 0.15) is 57.8 Å². The topological polar surface area (TPSA) is 42.4 Å². The lowest BCUT2D eigenvalue weighted by Crippen LogP contribution is -2.43. The van der Waals surface area contributed by atoms with Gasteiger partial charge in [0.1, 0.15) is 0 Å². The molecule has 1 aliphatic rings. The molecule has 21 heavy (non-hydrogen) atoms. The number of carbonyl (C=O) groups excluding carboxylic acids is 1. The van der Waals surface area contributed by atoms with Crippen molar-refractivity contribution in [3.63, 3.8) is 0 Å². The van der Waals surface area contributed by atoms with Crippen LogP contribution in [0.3, 0.4) is 0 Å². The van der Waals surface area contributed by atoms with E-state index in [0.717, 1.165) is 12.8 Å². The number of ether oxygens (including phenoxy) is 1. The summed E-state index contributed by atoms with van der Waals surface area (Å²) in [6.45, 7) is 10.4. The Balaban J connectivity index is 2.13. The lowest BCUT2D eigenvalue weighted by atomic mass is 10.0. The SMILES string of the molecule is CC(C)Oc1ccc(C(=O)N(C2CC2)C(C)C(C)C)cn1. The highest BCUT2D eigenvalue weighted by atomic mass is 16.5. The van der Waals surface area contributed by atoms with Gasteiger partial charge in [-0.3, -0.25) is 4.79 Å². The van der Waals surface area contributed by atoms with Gasteiger partial charge in [0.25, 0.3) is 5.91 Å². The molecule has 1 amide bonds. The zero-order chi connectivity index (χ0) is 15.6. The van der Waals surface area contributed by atoms with Crippen LogP contribution in [0.15, 0.2) is 18.3 Å². The van der Waals surface area contributed by atoms with E-state index in [1.807, 2.05) is 24.8 Å². The molecule has 4 heteroatoms. The van der Waals surface area contributed by atoms with Gasteiger partial charge in [0.05, 0.1) is 11.7 Å². The minimum atomic E-state index is 0.0855. The summed E-state index contributed by atoms with van der Waals surface area (Å²) >= 11 is 0. The summed E-state index contributed by atoms with van der Waals surface area (Å²) in [4.78, 5) is 19.0. The van der Waals surface area contributed by atoms with Crippen LogP contribution in [0.2, 0.25) is 0 Å².